The number of benzene rings is 3. The fourth-order valence-electron chi connectivity index (χ4n) is 4.09. The van der Waals surface area contributed by atoms with E-state index in [1.807, 2.05) is 38.4 Å². The smallest absolute Gasteiger partial charge is 0.228 e. The number of nitrogens with zero attached hydrogens (tertiary/aromatic N) is 1. The van der Waals surface area contributed by atoms with Crippen molar-refractivity contribution in [1.29, 1.82) is 0 Å². The van der Waals surface area contributed by atoms with Crippen LogP contribution in [0.2, 0.25) is 0 Å². The van der Waals surface area contributed by atoms with Crippen molar-refractivity contribution in [3.8, 4) is 11.1 Å². The van der Waals surface area contributed by atoms with Crippen LogP contribution in [0.15, 0.2) is 66.7 Å². The van der Waals surface area contributed by atoms with Crippen molar-refractivity contribution >= 4 is 17.5 Å². The maximum Gasteiger partial charge on any atom is 0.228 e. The van der Waals surface area contributed by atoms with Crippen molar-refractivity contribution in [2.24, 2.45) is 0 Å². The molecular formula is C26H26FN3O2. The number of nitrogens with one attached hydrogen (secondary N) is 2. The summed E-state index contributed by atoms with van der Waals surface area (Å²) in [7, 11) is 4.08. The van der Waals surface area contributed by atoms with Crippen molar-refractivity contribution in [2.75, 3.05) is 19.4 Å². The van der Waals surface area contributed by atoms with Crippen LogP contribution in [0.1, 0.15) is 29.0 Å². The average Bonchev–Trinajstić information content (AvgIpc) is 2.77. The second kappa shape index (κ2) is 9.32. The average molecular weight is 432 g/mol. The minimum atomic E-state index is -0.642. The lowest BCUT2D eigenvalue weighted by molar-refractivity contribution is -0.126. The molecule has 0 aromatic heterocycles. The summed E-state index contributed by atoms with van der Waals surface area (Å²) in [5.74, 6) is -1.63. The fraction of sp³-hybridized carbons (Fsp3) is 0.231. The summed E-state index contributed by atoms with van der Waals surface area (Å²) in [5, 5.41) is 5.62. The molecule has 2 N–H and O–H groups in total. The van der Waals surface area contributed by atoms with Gasteiger partial charge in [-0.1, -0.05) is 54.6 Å². The van der Waals surface area contributed by atoms with E-state index in [1.165, 1.54) is 17.7 Å². The molecule has 0 aliphatic carbocycles. The molecular weight excluding hydrogens is 405 g/mol. The molecule has 1 aliphatic heterocycles. The largest absolute Gasteiger partial charge is 0.351 e. The second-order valence-electron chi connectivity index (χ2n) is 8.35. The van der Waals surface area contributed by atoms with Gasteiger partial charge in [-0.15, -0.1) is 0 Å². The first-order chi connectivity index (χ1) is 15.4. The summed E-state index contributed by atoms with van der Waals surface area (Å²) in [5.41, 5.74) is 5.34. The zero-order chi connectivity index (χ0) is 22.7. The van der Waals surface area contributed by atoms with Crippen molar-refractivity contribution in [3.63, 3.8) is 0 Å². The van der Waals surface area contributed by atoms with Crippen LogP contribution in [-0.4, -0.2) is 30.8 Å². The Morgan fingerprint density at radius 3 is 2.59 bits per heavy atom. The van der Waals surface area contributed by atoms with E-state index in [9.17, 15) is 14.0 Å². The predicted octanol–water partition coefficient (Wildman–Crippen LogP) is 4.30. The third-order valence-corrected chi connectivity index (χ3v) is 5.61. The first kappa shape index (κ1) is 21.7. The number of hydrogen-bond donors (Lipinski definition) is 2. The quantitative estimate of drug-likeness (QED) is 0.612. The van der Waals surface area contributed by atoms with Gasteiger partial charge in [0, 0.05) is 25.2 Å². The Morgan fingerprint density at radius 1 is 1.09 bits per heavy atom. The van der Waals surface area contributed by atoms with Gasteiger partial charge in [0.2, 0.25) is 11.8 Å². The van der Waals surface area contributed by atoms with Crippen molar-refractivity contribution in [2.45, 2.75) is 25.4 Å². The number of anilines is 1. The van der Waals surface area contributed by atoms with E-state index in [1.54, 1.807) is 6.07 Å². The van der Waals surface area contributed by atoms with E-state index in [0.29, 0.717) is 17.8 Å². The van der Waals surface area contributed by atoms with Crippen molar-refractivity contribution in [3.05, 3.63) is 89.2 Å². The molecule has 4 rings (SSSR count). The van der Waals surface area contributed by atoms with Crippen LogP contribution in [0, 0.1) is 5.82 Å². The minimum Gasteiger partial charge on any atom is -0.351 e. The molecule has 1 aliphatic rings. The Labute approximate surface area is 187 Å². The Bertz CT molecular complexity index is 1140. The Kier molecular flexibility index (Phi) is 6.32. The standard InChI is InChI=1S/C26H26FN3O2/c1-30(2)16-17-7-9-18(10-8-17)21-6-4-3-5-19(21)15-28-26(32)23-14-25(31)29-24-13-20(27)11-12-22(23)24/h3-13,23H,14-16H2,1-2H3,(H,28,32)(H,29,31)/t23-/m0/s1. The molecule has 5 nitrogen and oxygen atoms in total. The molecule has 0 saturated carbocycles. The summed E-state index contributed by atoms with van der Waals surface area (Å²) >= 11 is 0. The normalized spacial score (nSPS) is 15.2. The molecule has 32 heavy (non-hydrogen) atoms. The summed E-state index contributed by atoms with van der Waals surface area (Å²) in [4.78, 5) is 27.1. The monoisotopic (exact) mass is 431 g/mol. The number of carbonyl (C=O) groups is 2. The highest BCUT2D eigenvalue weighted by Crippen LogP contribution is 2.33. The number of hydrogen-bond acceptors (Lipinski definition) is 3. The third-order valence-electron chi connectivity index (χ3n) is 5.61. The topological polar surface area (TPSA) is 61.4 Å². The highest BCUT2D eigenvalue weighted by molar-refractivity contribution is 6.01. The Balaban J connectivity index is 1.51. The molecule has 0 saturated heterocycles. The SMILES string of the molecule is CN(C)Cc1ccc(-c2ccccc2CNC(=O)[C@H]2CC(=O)Nc3cc(F)ccc32)cc1. The zero-order valence-corrected chi connectivity index (χ0v) is 18.2. The first-order valence-electron chi connectivity index (χ1n) is 10.6. The lowest BCUT2D eigenvalue weighted by Crippen LogP contribution is -2.34. The fourth-order valence-corrected chi connectivity index (χ4v) is 4.09. The van der Waals surface area contributed by atoms with E-state index >= 15 is 0 Å². The van der Waals surface area contributed by atoms with Crippen LogP contribution in [-0.2, 0) is 22.7 Å². The van der Waals surface area contributed by atoms with Crippen molar-refractivity contribution in [1.82, 2.24) is 10.2 Å². The lowest BCUT2D eigenvalue weighted by Gasteiger charge is -2.25. The molecule has 164 valence electrons. The van der Waals surface area contributed by atoms with Crippen LogP contribution in [0.3, 0.4) is 0 Å². The van der Waals surface area contributed by atoms with Gasteiger partial charge < -0.3 is 15.5 Å². The van der Waals surface area contributed by atoms with E-state index in [0.717, 1.165) is 23.2 Å². The van der Waals surface area contributed by atoms with Gasteiger partial charge in [0.1, 0.15) is 5.82 Å². The third kappa shape index (κ3) is 4.86. The molecule has 0 bridgehead atoms. The summed E-state index contributed by atoms with van der Waals surface area (Å²) in [6, 6.07) is 20.5. The van der Waals surface area contributed by atoms with Crippen molar-refractivity contribution < 1.29 is 14.0 Å². The van der Waals surface area contributed by atoms with E-state index < -0.39 is 11.7 Å². The van der Waals surface area contributed by atoms with Gasteiger partial charge in [0.05, 0.1) is 5.92 Å². The number of halogens is 1. The molecule has 2 amide bonds. The van der Waals surface area contributed by atoms with Crippen LogP contribution >= 0.6 is 0 Å². The number of rotatable bonds is 6. The van der Waals surface area contributed by atoms with Gasteiger partial charge in [-0.3, -0.25) is 9.59 Å². The minimum absolute atomic E-state index is 0.0411. The summed E-state index contributed by atoms with van der Waals surface area (Å²) in [6.07, 6.45) is 0.0411. The Hall–Kier alpha value is -3.51. The molecule has 0 unspecified atom stereocenters. The molecule has 6 heteroatoms. The molecule has 1 heterocycles. The van der Waals surface area contributed by atoms with Gasteiger partial charge >= 0.3 is 0 Å². The summed E-state index contributed by atoms with van der Waals surface area (Å²) < 4.78 is 13.6. The van der Waals surface area contributed by atoms with Gasteiger partial charge in [0.25, 0.3) is 0 Å². The molecule has 3 aromatic carbocycles. The summed E-state index contributed by atoms with van der Waals surface area (Å²) in [6.45, 7) is 1.21. The Morgan fingerprint density at radius 2 is 1.84 bits per heavy atom. The van der Waals surface area contributed by atoms with Gasteiger partial charge in [0.15, 0.2) is 0 Å². The van der Waals surface area contributed by atoms with Gasteiger partial charge in [-0.25, -0.2) is 4.39 Å². The molecule has 0 radical (unpaired) electrons. The highest BCUT2D eigenvalue weighted by Gasteiger charge is 2.30. The highest BCUT2D eigenvalue weighted by atomic mass is 19.1. The number of amides is 2. The van der Waals surface area contributed by atoms with E-state index in [-0.39, 0.29) is 18.2 Å². The maximum absolute atomic E-state index is 13.6. The molecule has 3 aromatic rings. The molecule has 1 atom stereocenters. The predicted molar refractivity (Wildman–Crippen MR) is 124 cm³/mol. The van der Waals surface area contributed by atoms with Crippen LogP contribution in [0.4, 0.5) is 10.1 Å². The lowest BCUT2D eigenvalue weighted by atomic mass is 9.89. The molecule has 0 fully saturated rings. The molecule has 0 spiro atoms. The van der Waals surface area contributed by atoms with Gasteiger partial charge in [-0.05, 0) is 54.0 Å². The van der Waals surface area contributed by atoms with E-state index in [2.05, 4.69) is 39.8 Å². The number of fused-ring (bicyclic) bond motifs is 1. The van der Waals surface area contributed by atoms with Crippen LogP contribution in [0.5, 0.6) is 0 Å². The van der Waals surface area contributed by atoms with Crippen LogP contribution < -0.4 is 10.6 Å². The van der Waals surface area contributed by atoms with Crippen LogP contribution in [0.25, 0.3) is 11.1 Å². The van der Waals surface area contributed by atoms with E-state index in [4.69, 9.17) is 0 Å². The first-order valence-corrected chi connectivity index (χ1v) is 10.6. The number of carbonyl (C=O) groups excluding carboxylic acids is 2. The van der Waals surface area contributed by atoms with Gasteiger partial charge in [-0.2, -0.15) is 0 Å². The zero-order valence-electron chi connectivity index (χ0n) is 18.2. The maximum atomic E-state index is 13.6. The second-order valence-corrected chi connectivity index (χ2v) is 8.35.